The van der Waals surface area contributed by atoms with Gasteiger partial charge in [0, 0.05) is 18.5 Å². The average Bonchev–Trinajstić information content (AvgIpc) is 2.61. The minimum absolute atomic E-state index is 0.256. The van der Waals surface area contributed by atoms with Crippen molar-refractivity contribution in [2.75, 3.05) is 27.2 Å². The van der Waals surface area contributed by atoms with Crippen LogP contribution < -0.4 is 10.1 Å². The van der Waals surface area contributed by atoms with Gasteiger partial charge in [-0.3, -0.25) is 0 Å². The monoisotopic (exact) mass is 308 g/mol. The molecule has 0 spiro atoms. The van der Waals surface area contributed by atoms with E-state index in [2.05, 4.69) is 65.8 Å². The molecule has 0 radical (unpaired) electrons. The normalized spacial score (nSPS) is 27.1. The van der Waals surface area contributed by atoms with Crippen LogP contribution in [0.4, 0.5) is 0 Å². The van der Waals surface area contributed by atoms with Gasteiger partial charge >= 0.3 is 0 Å². The summed E-state index contributed by atoms with van der Waals surface area (Å²) in [6, 6.07) is 18.2. The largest absolute Gasteiger partial charge is 0.497 e. The molecule has 2 aliphatic rings. The molecule has 4 rings (SSSR count). The van der Waals surface area contributed by atoms with Crippen LogP contribution in [-0.4, -0.2) is 38.2 Å². The molecule has 0 amide bonds. The quantitative estimate of drug-likeness (QED) is 0.922. The zero-order chi connectivity index (χ0) is 15.8. The van der Waals surface area contributed by atoms with E-state index in [1.165, 1.54) is 29.7 Å². The maximum Gasteiger partial charge on any atom is 0.119 e. The predicted octanol–water partition coefficient (Wildman–Crippen LogP) is 3.18. The third kappa shape index (κ3) is 2.64. The fourth-order valence-corrected chi connectivity index (χ4v) is 4.12. The molecule has 2 heterocycles. The van der Waals surface area contributed by atoms with E-state index >= 15 is 0 Å². The molecule has 3 heteroatoms. The van der Waals surface area contributed by atoms with Crippen LogP contribution in [-0.2, 0) is 0 Å². The Morgan fingerprint density at radius 3 is 2.70 bits per heavy atom. The molecule has 1 saturated heterocycles. The summed E-state index contributed by atoms with van der Waals surface area (Å²) in [6.07, 6.45) is 1.20. The van der Waals surface area contributed by atoms with Crippen LogP contribution in [0.2, 0.25) is 0 Å². The Kier molecular flexibility index (Phi) is 3.83. The first kappa shape index (κ1) is 14.7. The van der Waals surface area contributed by atoms with Gasteiger partial charge in [0.15, 0.2) is 0 Å². The molecule has 3 nitrogen and oxygen atoms in total. The number of nitrogens with one attached hydrogen (secondary N) is 1. The maximum atomic E-state index is 5.48. The van der Waals surface area contributed by atoms with Crippen molar-refractivity contribution in [1.82, 2.24) is 10.2 Å². The lowest BCUT2D eigenvalue weighted by Gasteiger charge is -2.45. The first-order valence-electron chi connectivity index (χ1n) is 8.43. The molecular weight excluding hydrogens is 284 g/mol. The Hall–Kier alpha value is -1.84. The average molecular weight is 308 g/mol. The minimum atomic E-state index is 0.256. The van der Waals surface area contributed by atoms with Gasteiger partial charge in [-0.1, -0.05) is 36.4 Å². The lowest BCUT2D eigenvalue weighted by atomic mass is 9.76. The molecule has 1 N–H and O–H groups in total. The Morgan fingerprint density at radius 2 is 1.91 bits per heavy atom. The van der Waals surface area contributed by atoms with E-state index in [1.807, 2.05) is 0 Å². The van der Waals surface area contributed by atoms with Crippen LogP contribution in [0.25, 0.3) is 0 Å². The molecule has 0 aromatic heterocycles. The fourth-order valence-electron chi connectivity index (χ4n) is 4.12. The summed E-state index contributed by atoms with van der Waals surface area (Å²) in [6.45, 7) is 2.29. The van der Waals surface area contributed by atoms with E-state index in [0.29, 0.717) is 12.0 Å². The smallest absolute Gasteiger partial charge is 0.119 e. The maximum absolute atomic E-state index is 5.48. The number of hydrogen-bond donors (Lipinski definition) is 1. The number of hydrogen-bond acceptors (Lipinski definition) is 3. The summed E-state index contributed by atoms with van der Waals surface area (Å²) in [5.74, 6) is 1.50. The highest BCUT2D eigenvalue weighted by Crippen LogP contribution is 2.41. The summed E-state index contributed by atoms with van der Waals surface area (Å²) in [4.78, 5) is 2.44. The number of likely N-dealkylation sites (N-methyl/N-ethyl adjacent to an activating group) is 1. The molecule has 2 aromatic carbocycles. The molecule has 3 atom stereocenters. The van der Waals surface area contributed by atoms with Crippen molar-refractivity contribution in [2.45, 2.75) is 24.4 Å². The number of rotatable bonds is 2. The summed E-state index contributed by atoms with van der Waals surface area (Å²) in [7, 11) is 3.97. The topological polar surface area (TPSA) is 24.5 Å². The van der Waals surface area contributed by atoms with Crippen molar-refractivity contribution in [3.8, 4) is 5.75 Å². The SMILES string of the molecule is COc1ccc2c(c1)C(c1ccccc1)NC1CCN(C)CC21. The van der Waals surface area contributed by atoms with Crippen molar-refractivity contribution >= 4 is 0 Å². The highest BCUT2D eigenvalue weighted by molar-refractivity contribution is 5.47. The van der Waals surface area contributed by atoms with Crippen molar-refractivity contribution in [1.29, 1.82) is 0 Å². The summed E-state index contributed by atoms with van der Waals surface area (Å²) in [5, 5.41) is 3.92. The van der Waals surface area contributed by atoms with E-state index in [-0.39, 0.29) is 6.04 Å². The number of piperidine rings is 1. The van der Waals surface area contributed by atoms with Crippen LogP contribution in [0.1, 0.15) is 35.1 Å². The van der Waals surface area contributed by atoms with Crippen molar-refractivity contribution < 1.29 is 4.74 Å². The first-order chi connectivity index (χ1) is 11.3. The second-order valence-electron chi connectivity index (χ2n) is 6.77. The van der Waals surface area contributed by atoms with Gasteiger partial charge in [-0.25, -0.2) is 0 Å². The first-order valence-corrected chi connectivity index (χ1v) is 8.43. The highest BCUT2D eigenvalue weighted by Gasteiger charge is 2.37. The number of methoxy groups -OCH3 is 1. The second-order valence-corrected chi connectivity index (χ2v) is 6.77. The molecule has 2 aliphatic heterocycles. The molecule has 0 aliphatic carbocycles. The van der Waals surface area contributed by atoms with Gasteiger partial charge in [0.25, 0.3) is 0 Å². The number of likely N-dealkylation sites (tertiary alicyclic amines) is 1. The molecule has 1 fully saturated rings. The Balaban J connectivity index is 1.81. The van der Waals surface area contributed by atoms with Gasteiger partial charge in [0.05, 0.1) is 13.2 Å². The minimum Gasteiger partial charge on any atom is -0.497 e. The molecule has 2 aromatic rings. The Labute approximate surface area is 138 Å². The van der Waals surface area contributed by atoms with Crippen LogP contribution >= 0.6 is 0 Å². The van der Waals surface area contributed by atoms with E-state index in [0.717, 1.165) is 12.3 Å². The van der Waals surface area contributed by atoms with Crippen molar-refractivity contribution in [2.24, 2.45) is 0 Å². The van der Waals surface area contributed by atoms with E-state index in [9.17, 15) is 0 Å². The van der Waals surface area contributed by atoms with Crippen molar-refractivity contribution in [3.05, 3.63) is 65.2 Å². The van der Waals surface area contributed by atoms with E-state index in [1.54, 1.807) is 7.11 Å². The van der Waals surface area contributed by atoms with Gasteiger partial charge in [0.2, 0.25) is 0 Å². The molecule has 23 heavy (non-hydrogen) atoms. The van der Waals surface area contributed by atoms with Gasteiger partial charge < -0.3 is 15.0 Å². The summed E-state index contributed by atoms with van der Waals surface area (Å²) < 4.78 is 5.48. The second kappa shape index (κ2) is 5.99. The standard InChI is InChI=1S/C20H24N2O/c1-22-11-10-19-18(13-22)16-9-8-15(23-2)12-17(16)20(21-19)14-6-4-3-5-7-14/h3-9,12,18-21H,10-11,13H2,1-2H3. The van der Waals surface area contributed by atoms with Gasteiger partial charge in [0.1, 0.15) is 5.75 Å². The molecule has 120 valence electrons. The zero-order valence-electron chi connectivity index (χ0n) is 13.8. The predicted molar refractivity (Wildman–Crippen MR) is 93.1 cm³/mol. The van der Waals surface area contributed by atoms with Crippen LogP contribution in [0.3, 0.4) is 0 Å². The van der Waals surface area contributed by atoms with E-state index < -0.39 is 0 Å². The lowest BCUT2D eigenvalue weighted by Crippen LogP contribution is -2.51. The lowest BCUT2D eigenvalue weighted by molar-refractivity contribution is 0.190. The molecular formula is C20H24N2O. The zero-order valence-corrected chi connectivity index (χ0v) is 13.8. The van der Waals surface area contributed by atoms with Crippen LogP contribution in [0.15, 0.2) is 48.5 Å². The van der Waals surface area contributed by atoms with Crippen LogP contribution in [0, 0.1) is 0 Å². The number of nitrogens with zero attached hydrogens (tertiary/aromatic N) is 1. The summed E-state index contributed by atoms with van der Waals surface area (Å²) in [5.41, 5.74) is 4.18. The van der Waals surface area contributed by atoms with Gasteiger partial charge in [-0.15, -0.1) is 0 Å². The number of fused-ring (bicyclic) bond motifs is 3. The Bertz CT molecular complexity index is 685. The van der Waals surface area contributed by atoms with Crippen molar-refractivity contribution in [3.63, 3.8) is 0 Å². The number of benzene rings is 2. The van der Waals surface area contributed by atoms with Crippen LogP contribution in [0.5, 0.6) is 5.75 Å². The van der Waals surface area contributed by atoms with E-state index in [4.69, 9.17) is 4.74 Å². The fraction of sp³-hybridized carbons (Fsp3) is 0.400. The third-order valence-corrected chi connectivity index (χ3v) is 5.33. The third-order valence-electron chi connectivity index (χ3n) is 5.33. The molecule has 0 saturated carbocycles. The molecule has 3 unspecified atom stereocenters. The number of ether oxygens (including phenoxy) is 1. The van der Waals surface area contributed by atoms with Gasteiger partial charge in [-0.2, -0.15) is 0 Å². The summed E-state index contributed by atoms with van der Waals surface area (Å²) >= 11 is 0. The Morgan fingerprint density at radius 1 is 1.09 bits per heavy atom. The van der Waals surface area contributed by atoms with Gasteiger partial charge in [-0.05, 0) is 48.8 Å². The highest BCUT2D eigenvalue weighted by atomic mass is 16.5. The molecule has 0 bridgehead atoms.